The van der Waals surface area contributed by atoms with Crippen molar-refractivity contribution in [3.05, 3.63) is 52.1 Å². The van der Waals surface area contributed by atoms with Gasteiger partial charge in [0.1, 0.15) is 5.75 Å². The summed E-state index contributed by atoms with van der Waals surface area (Å²) >= 11 is 0. The molecular formula is C16H14O2. The number of phenolic OH excluding ortho intramolecular Hbond substituents is 1. The van der Waals surface area contributed by atoms with Crippen LogP contribution < -0.4 is 0 Å². The summed E-state index contributed by atoms with van der Waals surface area (Å²) < 4.78 is 0. The van der Waals surface area contributed by atoms with Crippen LogP contribution in [0.4, 0.5) is 0 Å². The van der Waals surface area contributed by atoms with Crippen molar-refractivity contribution in [3.63, 3.8) is 0 Å². The Morgan fingerprint density at radius 2 is 1.89 bits per heavy atom. The fourth-order valence-electron chi connectivity index (χ4n) is 2.83. The van der Waals surface area contributed by atoms with Gasteiger partial charge in [0, 0.05) is 0 Å². The molecule has 1 N–H and O–H groups in total. The van der Waals surface area contributed by atoms with Gasteiger partial charge in [-0.25, -0.2) is 0 Å². The van der Waals surface area contributed by atoms with Crippen LogP contribution in [0.1, 0.15) is 32.6 Å². The van der Waals surface area contributed by atoms with E-state index in [9.17, 15) is 9.90 Å². The van der Waals surface area contributed by atoms with Gasteiger partial charge >= 0.3 is 0 Å². The zero-order valence-electron chi connectivity index (χ0n) is 10.4. The second-order valence-electron chi connectivity index (χ2n) is 4.82. The van der Waals surface area contributed by atoms with Crippen LogP contribution in [0.25, 0.3) is 11.1 Å². The van der Waals surface area contributed by atoms with E-state index in [0.29, 0.717) is 5.56 Å². The second-order valence-corrected chi connectivity index (χ2v) is 4.82. The second kappa shape index (κ2) is 3.70. The van der Waals surface area contributed by atoms with Crippen LogP contribution in [0.3, 0.4) is 0 Å². The SMILES string of the molecule is Cc1c(C)c2c(c(C=O)c1O)-c1ccccc1C2. The van der Waals surface area contributed by atoms with Gasteiger partial charge in [-0.1, -0.05) is 24.3 Å². The Kier molecular flexibility index (Phi) is 2.27. The number of aldehydes is 1. The summed E-state index contributed by atoms with van der Waals surface area (Å²) in [5, 5.41) is 10.1. The smallest absolute Gasteiger partial charge is 0.154 e. The third-order valence-corrected chi connectivity index (χ3v) is 3.97. The maximum Gasteiger partial charge on any atom is 0.154 e. The van der Waals surface area contributed by atoms with Crippen LogP contribution in [0.15, 0.2) is 24.3 Å². The molecule has 0 saturated heterocycles. The minimum atomic E-state index is 0.123. The first kappa shape index (κ1) is 11.0. The predicted molar refractivity (Wildman–Crippen MR) is 71.2 cm³/mol. The normalized spacial score (nSPS) is 12.1. The average Bonchev–Trinajstić information content (AvgIpc) is 2.77. The molecule has 0 aliphatic heterocycles. The van der Waals surface area contributed by atoms with Crippen LogP contribution in [-0.4, -0.2) is 11.4 Å². The number of carbonyl (C=O) groups is 1. The summed E-state index contributed by atoms with van der Waals surface area (Å²) in [7, 11) is 0. The quantitative estimate of drug-likeness (QED) is 0.660. The Morgan fingerprint density at radius 3 is 2.61 bits per heavy atom. The summed E-state index contributed by atoms with van der Waals surface area (Å²) in [6.07, 6.45) is 1.61. The molecule has 0 aromatic heterocycles. The van der Waals surface area contributed by atoms with Crippen LogP contribution in [0.5, 0.6) is 5.75 Å². The Balaban J connectivity index is 2.44. The standard InChI is InChI=1S/C16H14O2/c1-9-10(2)16(18)14(8-17)15-12-6-4-3-5-11(12)7-13(9)15/h3-6,8,18H,7H2,1-2H3. The molecule has 0 heterocycles. The molecule has 1 aliphatic carbocycles. The lowest BCUT2D eigenvalue weighted by Crippen LogP contribution is -1.97. The van der Waals surface area contributed by atoms with Gasteiger partial charge in [0.15, 0.2) is 6.29 Å². The van der Waals surface area contributed by atoms with E-state index in [1.54, 1.807) is 0 Å². The van der Waals surface area contributed by atoms with E-state index in [1.165, 1.54) is 11.1 Å². The van der Waals surface area contributed by atoms with Gasteiger partial charge in [-0.2, -0.15) is 0 Å². The molecule has 2 aromatic carbocycles. The van der Waals surface area contributed by atoms with E-state index in [1.807, 2.05) is 32.0 Å². The zero-order valence-corrected chi connectivity index (χ0v) is 10.4. The molecule has 0 radical (unpaired) electrons. The lowest BCUT2D eigenvalue weighted by Gasteiger charge is -2.13. The minimum absolute atomic E-state index is 0.123. The van der Waals surface area contributed by atoms with Crippen LogP contribution in [0.2, 0.25) is 0 Å². The fraction of sp³-hybridized carbons (Fsp3) is 0.188. The van der Waals surface area contributed by atoms with Crippen LogP contribution in [0, 0.1) is 13.8 Å². The van der Waals surface area contributed by atoms with Gasteiger partial charge in [0.2, 0.25) is 0 Å². The summed E-state index contributed by atoms with van der Waals surface area (Å²) in [6, 6.07) is 8.07. The molecule has 0 atom stereocenters. The molecule has 0 unspecified atom stereocenters. The lowest BCUT2D eigenvalue weighted by molar-refractivity contribution is 0.112. The minimum Gasteiger partial charge on any atom is -0.507 e. The van der Waals surface area contributed by atoms with Crippen molar-refractivity contribution >= 4 is 6.29 Å². The molecule has 0 bridgehead atoms. The van der Waals surface area contributed by atoms with E-state index in [4.69, 9.17) is 0 Å². The summed E-state index contributed by atoms with van der Waals surface area (Å²) in [4.78, 5) is 11.3. The monoisotopic (exact) mass is 238 g/mol. The first-order chi connectivity index (χ1) is 8.65. The Hall–Kier alpha value is -2.09. The molecule has 2 aromatic rings. The number of rotatable bonds is 1. The molecule has 0 spiro atoms. The van der Waals surface area contributed by atoms with Gasteiger partial charge in [0.05, 0.1) is 5.56 Å². The number of carbonyl (C=O) groups excluding carboxylic acids is 1. The highest BCUT2D eigenvalue weighted by molar-refractivity contribution is 5.96. The molecular weight excluding hydrogens is 224 g/mol. The molecule has 0 fully saturated rings. The van der Waals surface area contributed by atoms with E-state index >= 15 is 0 Å². The molecule has 0 saturated carbocycles. The van der Waals surface area contributed by atoms with Gasteiger partial charge in [-0.15, -0.1) is 0 Å². The number of hydrogen-bond acceptors (Lipinski definition) is 2. The van der Waals surface area contributed by atoms with E-state index in [0.717, 1.165) is 35.0 Å². The van der Waals surface area contributed by atoms with Crippen LogP contribution >= 0.6 is 0 Å². The van der Waals surface area contributed by atoms with Crippen molar-refractivity contribution in [2.75, 3.05) is 0 Å². The van der Waals surface area contributed by atoms with Crippen molar-refractivity contribution in [2.45, 2.75) is 20.3 Å². The topological polar surface area (TPSA) is 37.3 Å². The number of benzene rings is 2. The maximum atomic E-state index is 11.3. The Bertz CT molecular complexity index is 669. The van der Waals surface area contributed by atoms with Crippen molar-refractivity contribution in [1.29, 1.82) is 0 Å². The highest BCUT2D eigenvalue weighted by atomic mass is 16.3. The molecule has 1 aliphatic rings. The maximum absolute atomic E-state index is 11.3. The highest BCUT2D eigenvalue weighted by Crippen LogP contribution is 2.44. The third-order valence-electron chi connectivity index (χ3n) is 3.97. The first-order valence-electron chi connectivity index (χ1n) is 6.03. The number of phenols is 1. The summed E-state index contributed by atoms with van der Waals surface area (Å²) in [5.74, 6) is 0.123. The molecule has 2 heteroatoms. The average molecular weight is 238 g/mol. The van der Waals surface area contributed by atoms with Crippen LogP contribution in [-0.2, 0) is 6.42 Å². The largest absolute Gasteiger partial charge is 0.507 e. The van der Waals surface area contributed by atoms with Crippen molar-refractivity contribution in [2.24, 2.45) is 0 Å². The Morgan fingerprint density at radius 1 is 1.17 bits per heavy atom. The number of aromatic hydroxyl groups is 1. The fourth-order valence-corrected chi connectivity index (χ4v) is 2.83. The van der Waals surface area contributed by atoms with Crippen molar-refractivity contribution < 1.29 is 9.90 Å². The molecule has 2 nitrogen and oxygen atoms in total. The van der Waals surface area contributed by atoms with Crippen molar-refractivity contribution in [1.82, 2.24) is 0 Å². The Labute approximate surface area is 106 Å². The number of hydrogen-bond donors (Lipinski definition) is 1. The van der Waals surface area contributed by atoms with Crippen molar-refractivity contribution in [3.8, 4) is 16.9 Å². The van der Waals surface area contributed by atoms with Gasteiger partial charge in [-0.3, -0.25) is 4.79 Å². The zero-order chi connectivity index (χ0) is 12.9. The predicted octanol–water partition coefficient (Wildman–Crippen LogP) is 3.39. The van der Waals surface area contributed by atoms with Gasteiger partial charge < -0.3 is 5.11 Å². The lowest BCUT2D eigenvalue weighted by atomic mass is 9.92. The molecule has 0 amide bonds. The summed E-state index contributed by atoms with van der Waals surface area (Å²) in [5.41, 5.74) is 6.72. The van der Waals surface area contributed by atoms with Gasteiger partial charge in [0.25, 0.3) is 0 Å². The van der Waals surface area contributed by atoms with Gasteiger partial charge in [-0.05, 0) is 53.6 Å². The molecule has 3 rings (SSSR count). The number of fused-ring (bicyclic) bond motifs is 3. The summed E-state index contributed by atoms with van der Waals surface area (Å²) in [6.45, 7) is 3.87. The first-order valence-corrected chi connectivity index (χ1v) is 6.03. The molecule has 18 heavy (non-hydrogen) atoms. The van der Waals surface area contributed by atoms with E-state index < -0.39 is 0 Å². The third kappa shape index (κ3) is 1.26. The van der Waals surface area contributed by atoms with E-state index in [-0.39, 0.29) is 5.75 Å². The highest BCUT2D eigenvalue weighted by Gasteiger charge is 2.26. The van der Waals surface area contributed by atoms with E-state index in [2.05, 4.69) is 6.07 Å². The molecule has 90 valence electrons.